The molecule has 3 aromatic rings. The number of nitrogens with one attached hydrogen (secondary N) is 1. The van der Waals surface area contributed by atoms with Crippen LogP contribution in [0.3, 0.4) is 0 Å². The first-order valence-electron chi connectivity index (χ1n) is 9.07. The van der Waals surface area contributed by atoms with Crippen LogP contribution in [0.15, 0.2) is 54.7 Å². The van der Waals surface area contributed by atoms with E-state index in [0.717, 1.165) is 24.6 Å². The SMILES string of the molecule is CCCc1ccc(N(C)c2nc(Nc3ccc(F)cc3)ncc2C(F)(F)F)cc1. The van der Waals surface area contributed by atoms with Gasteiger partial charge in [-0.2, -0.15) is 18.2 Å². The smallest absolute Gasteiger partial charge is 0.329 e. The molecule has 0 unspecified atom stereocenters. The first kappa shape index (κ1) is 20.6. The number of halogens is 4. The Morgan fingerprint density at radius 3 is 2.24 bits per heavy atom. The van der Waals surface area contributed by atoms with E-state index in [9.17, 15) is 17.6 Å². The van der Waals surface area contributed by atoms with Crippen molar-refractivity contribution in [3.63, 3.8) is 0 Å². The first-order chi connectivity index (χ1) is 13.8. The molecule has 0 amide bonds. The van der Waals surface area contributed by atoms with Crippen LogP contribution in [0.5, 0.6) is 0 Å². The molecule has 1 heterocycles. The van der Waals surface area contributed by atoms with Crippen molar-refractivity contribution >= 4 is 23.1 Å². The average molecular weight is 404 g/mol. The number of rotatable bonds is 6. The van der Waals surface area contributed by atoms with Crippen LogP contribution in [0.2, 0.25) is 0 Å². The van der Waals surface area contributed by atoms with E-state index in [1.54, 1.807) is 12.1 Å². The Hall–Kier alpha value is -3.16. The number of alkyl halides is 3. The fourth-order valence-electron chi connectivity index (χ4n) is 2.85. The number of aromatic nitrogens is 2. The van der Waals surface area contributed by atoms with E-state index < -0.39 is 17.6 Å². The molecular formula is C21H20F4N4. The van der Waals surface area contributed by atoms with Gasteiger partial charge < -0.3 is 10.2 Å². The molecule has 4 nitrogen and oxygen atoms in total. The summed E-state index contributed by atoms with van der Waals surface area (Å²) >= 11 is 0. The summed E-state index contributed by atoms with van der Waals surface area (Å²) in [6, 6.07) is 12.7. The lowest BCUT2D eigenvalue weighted by atomic mass is 10.1. The second-order valence-electron chi connectivity index (χ2n) is 6.54. The van der Waals surface area contributed by atoms with Crippen LogP contribution in [0.25, 0.3) is 0 Å². The lowest BCUT2D eigenvalue weighted by Gasteiger charge is -2.23. The molecular weight excluding hydrogens is 384 g/mol. The molecule has 0 bridgehead atoms. The lowest BCUT2D eigenvalue weighted by Crippen LogP contribution is -2.19. The van der Waals surface area contributed by atoms with Gasteiger partial charge in [0.15, 0.2) is 5.82 Å². The second kappa shape index (κ2) is 8.46. The predicted molar refractivity (Wildman–Crippen MR) is 105 cm³/mol. The van der Waals surface area contributed by atoms with Crippen LogP contribution < -0.4 is 10.2 Å². The van der Waals surface area contributed by atoms with Gasteiger partial charge in [-0.3, -0.25) is 0 Å². The van der Waals surface area contributed by atoms with E-state index in [4.69, 9.17) is 0 Å². The van der Waals surface area contributed by atoms with Crippen LogP contribution in [-0.4, -0.2) is 17.0 Å². The largest absolute Gasteiger partial charge is 0.421 e. The molecule has 0 saturated carbocycles. The highest BCUT2D eigenvalue weighted by atomic mass is 19.4. The van der Waals surface area contributed by atoms with Crippen molar-refractivity contribution in [2.75, 3.05) is 17.3 Å². The van der Waals surface area contributed by atoms with Crippen LogP contribution >= 0.6 is 0 Å². The summed E-state index contributed by atoms with van der Waals surface area (Å²) in [5, 5.41) is 2.80. The van der Waals surface area contributed by atoms with Gasteiger partial charge in [0.05, 0.1) is 0 Å². The van der Waals surface area contributed by atoms with E-state index in [-0.39, 0.29) is 11.8 Å². The molecule has 0 aliphatic rings. The number of hydrogen-bond acceptors (Lipinski definition) is 4. The minimum Gasteiger partial charge on any atom is -0.329 e. The zero-order valence-electron chi connectivity index (χ0n) is 16.0. The van der Waals surface area contributed by atoms with E-state index >= 15 is 0 Å². The van der Waals surface area contributed by atoms with Crippen molar-refractivity contribution in [3.05, 3.63) is 71.7 Å². The zero-order valence-corrected chi connectivity index (χ0v) is 16.0. The van der Waals surface area contributed by atoms with Crippen molar-refractivity contribution in [3.8, 4) is 0 Å². The summed E-state index contributed by atoms with van der Waals surface area (Å²) in [5.74, 6) is -0.717. The molecule has 152 valence electrons. The molecule has 8 heteroatoms. The second-order valence-corrected chi connectivity index (χ2v) is 6.54. The molecule has 0 aliphatic carbocycles. The number of anilines is 4. The topological polar surface area (TPSA) is 41.1 Å². The Balaban J connectivity index is 1.96. The highest BCUT2D eigenvalue weighted by Crippen LogP contribution is 2.37. The number of nitrogens with zero attached hydrogens (tertiary/aromatic N) is 3. The number of hydrogen-bond donors (Lipinski definition) is 1. The Labute approximate surface area is 166 Å². The maximum absolute atomic E-state index is 13.5. The number of aryl methyl sites for hydroxylation is 1. The summed E-state index contributed by atoms with van der Waals surface area (Å²) in [4.78, 5) is 9.23. The first-order valence-corrected chi connectivity index (χ1v) is 9.07. The minimum absolute atomic E-state index is 0.0194. The third-order valence-corrected chi connectivity index (χ3v) is 4.35. The van der Waals surface area contributed by atoms with Gasteiger partial charge in [0.25, 0.3) is 0 Å². The van der Waals surface area contributed by atoms with E-state index in [0.29, 0.717) is 11.4 Å². The summed E-state index contributed by atoms with van der Waals surface area (Å²) in [6.45, 7) is 2.06. The molecule has 0 fully saturated rings. The third-order valence-electron chi connectivity index (χ3n) is 4.35. The van der Waals surface area contributed by atoms with Crippen molar-refractivity contribution in [1.29, 1.82) is 0 Å². The van der Waals surface area contributed by atoms with Crippen LogP contribution in [0, 0.1) is 5.82 Å². The molecule has 1 aromatic heterocycles. The van der Waals surface area contributed by atoms with E-state index in [2.05, 4.69) is 22.2 Å². The van der Waals surface area contributed by atoms with Gasteiger partial charge >= 0.3 is 6.18 Å². The summed E-state index contributed by atoms with van der Waals surface area (Å²) in [7, 11) is 1.52. The fraction of sp³-hybridized carbons (Fsp3) is 0.238. The van der Waals surface area contributed by atoms with Crippen LogP contribution in [-0.2, 0) is 12.6 Å². The van der Waals surface area contributed by atoms with Crippen molar-refractivity contribution in [2.24, 2.45) is 0 Å². The Morgan fingerprint density at radius 1 is 1.00 bits per heavy atom. The third kappa shape index (κ3) is 5.01. The predicted octanol–water partition coefficient (Wildman–Crippen LogP) is 6.10. The average Bonchev–Trinajstić information content (AvgIpc) is 2.69. The minimum atomic E-state index is -4.61. The Bertz CT molecular complexity index is 954. The molecule has 3 rings (SSSR count). The number of benzene rings is 2. The van der Waals surface area contributed by atoms with Crippen LogP contribution in [0.1, 0.15) is 24.5 Å². The summed E-state index contributed by atoms with van der Waals surface area (Å²) in [5.41, 5.74) is 1.20. The van der Waals surface area contributed by atoms with Gasteiger partial charge in [-0.1, -0.05) is 25.5 Å². The van der Waals surface area contributed by atoms with Gasteiger partial charge in [0, 0.05) is 24.6 Å². The van der Waals surface area contributed by atoms with Gasteiger partial charge in [0.2, 0.25) is 5.95 Å². The quantitative estimate of drug-likeness (QED) is 0.504. The fourth-order valence-corrected chi connectivity index (χ4v) is 2.85. The highest BCUT2D eigenvalue weighted by molar-refractivity contribution is 5.65. The molecule has 2 aromatic carbocycles. The summed E-state index contributed by atoms with van der Waals surface area (Å²) < 4.78 is 53.6. The van der Waals surface area contributed by atoms with Gasteiger partial charge in [-0.05, 0) is 48.4 Å². The van der Waals surface area contributed by atoms with Crippen molar-refractivity contribution < 1.29 is 17.6 Å². The molecule has 0 saturated heterocycles. The molecule has 0 aliphatic heterocycles. The maximum Gasteiger partial charge on any atom is 0.421 e. The molecule has 0 radical (unpaired) electrons. The highest BCUT2D eigenvalue weighted by Gasteiger charge is 2.36. The van der Waals surface area contributed by atoms with Crippen molar-refractivity contribution in [1.82, 2.24) is 9.97 Å². The van der Waals surface area contributed by atoms with E-state index in [1.165, 1.54) is 36.2 Å². The van der Waals surface area contributed by atoms with E-state index in [1.807, 2.05) is 12.1 Å². The van der Waals surface area contributed by atoms with Crippen LogP contribution in [0.4, 0.5) is 40.7 Å². The van der Waals surface area contributed by atoms with Crippen molar-refractivity contribution in [2.45, 2.75) is 25.9 Å². The normalized spacial score (nSPS) is 11.4. The standard InChI is InChI=1S/C21H20F4N4/c1-3-4-14-5-11-17(12-6-14)29(2)19-18(21(23,24)25)13-26-20(28-19)27-16-9-7-15(22)8-10-16/h5-13H,3-4H2,1-2H3,(H,26,27,28). The summed E-state index contributed by atoms with van der Waals surface area (Å²) in [6.07, 6.45) is -1.98. The lowest BCUT2D eigenvalue weighted by molar-refractivity contribution is -0.137. The maximum atomic E-state index is 13.5. The monoisotopic (exact) mass is 404 g/mol. The zero-order chi connectivity index (χ0) is 21.0. The molecule has 0 spiro atoms. The Morgan fingerprint density at radius 2 is 1.66 bits per heavy atom. The molecule has 29 heavy (non-hydrogen) atoms. The van der Waals surface area contributed by atoms with Gasteiger partial charge in [0.1, 0.15) is 11.4 Å². The molecule has 1 N–H and O–H groups in total. The Kier molecular flexibility index (Phi) is 6.00. The molecule has 0 atom stereocenters. The van der Waals surface area contributed by atoms with Gasteiger partial charge in [-0.25, -0.2) is 9.37 Å². The van der Waals surface area contributed by atoms with Gasteiger partial charge in [-0.15, -0.1) is 0 Å².